The molecular formula is C18H21NO. The number of aryl methyl sites for hydroxylation is 2. The average Bonchev–Trinajstić information content (AvgIpc) is 2.44. The van der Waals surface area contributed by atoms with Crippen molar-refractivity contribution in [3.63, 3.8) is 0 Å². The summed E-state index contributed by atoms with van der Waals surface area (Å²) in [6, 6.07) is 12.8. The van der Waals surface area contributed by atoms with Crippen molar-refractivity contribution in [2.45, 2.75) is 33.3 Å². The van der Waals surface area contributed by atoms with Crippen molar-refractivity contribution in [1.29, 1.82) is 0 Å². The molecule has 104 valence electrons. The van der Waals surface area contributed by atoms with Crippen LogP contribution in [0.25, 0.3) is 0 Å². The van der Waals surface area contributed by atoms with Crippen molar-refractivity contribution in [1.82, 2.24) is 0 Å². The van der Waals surface area contributed by atoms with Crippen LogP contribution in [0.15, 0.2) is 36.4 Å². The molecule has 0 saturated heterocycles. The maximum Gasteiger partial charge on any atom is 0.142 e. The Morgan fingerprint density at radius 2 is 2.00 bits per heavy atom. The fourth-order valence-corrected chi connectivity index (χ4v) is 2.72. The highest BCUT2D eigenvalue weighted by Crippen LogP contribution is 2.30. The fourth-order valence-electron chi connectivity index (χ4n) is 2.72. The molecular weight excluding hydrogens is 246 g/mol. The number of fused-ring (bicyclic) bond motifs is 1. The highest BCUT2D eigenvalue weighted by molar-refractivity contribution is 5.59. The predicted molar refractivity (Wildman–Crippen MR) is 83.7 cm³/mol. The predicted octanol–water partition coefficient (Wildman–Crippen LogP) is 4.03. The van der Waals surface area contributed by atoms with Crippen molar-refractivity contribution in [2.75, 3.05) is 11.9 Å². The number of ether oxygens (including phenoxy) is 1. The molecule has 0 fully saturated rings. The first-order valence-electron chi connectivity index (χ1n) is 7.20. The third kappa shape index (κ3) is 2.51. The molecule has 0 spiro atoms. The normalized spacial score (nSPS) is 17.1. The van der Waals surface area contributed by atoms with Gasteiger partial charge in [-0.25, -0.2) is 0 Å². The van der Waals surface area contributed by atoms with Crippen LogP contribution in [-0.2, 0) is 6.42 Å². The first-order chi connectivity index (χ1) is 9.63. The molecule has 1 heterocycles. The van der Waals surface area contributed by atoms with Gasteiger partial charge in [-0.1, -0.05) is 24.3 Å². The molecule has 1 aliphatic heterocycles. The Balaban J connectivity index is 1.77. The van der Waals surface area contributed by atoms with E-state index >= 15 is 0 Å². The van der Waals surface area contributed by atoms with Crippen molar-refractivity contribution >= 4 is 5.69 Å². The zero-order valence-corrected chi connectivity index (χ0v) is 12.4. The summed E-state index contributed by atoms with van der Waals surface area (Å²) in [5, 5.41) is 3.48. The largest absolute Gasteiger partial charge is 0.486 e. The Morgan fingerprint density at radius 3 is 2.85 bits per heavy atom. The van der Waals surface area contributed by atoms with Gasteiger partial charge in [-0.3, -0.25) is 0 Å². The Kier molecular flexibility index (Phi) is 3.39. The van der Waals surface area contributed by atoms with E-state index in [1.807, 2.05) is 0 Å². The van der Waals surface area contributed by atoms with E-state index in [9.17, 15) is 0 Å². The summed E-state index contributed by atoms with van der Waals surface area (Å²) >= 11 is 0. The van der Waals surface area contributed by atoms with Gasteiger partial charge >= 0.3 is 0 Å². The summed E-state index contributed by atoms with van der Waals surface area (Å²) in [5.41, 5.74) is 6.48. The standard InChI is InChI=1S/C18H21NO/c1-12-7-8-18-17(9-12)19-11-16(20-18)10-15-6-4-5-13(2)14(15)3/h4-9,16,19H,10-11H2,1-3H3. The fraction of sp³-hybridized carbons (Fsp3) is 0.333. The van der Waals surface area contributed by atoms with Gasteiger partial charge in [0.25, 0.3) is 0 Å². The molecule has 2 aromatic rings. The SMILES string of the molecule is Cc1ccc2c(c1)NCC(Cc1cccc(C)c1C)O2. The summed E-state index contributed by atoms with van der Waals surface area (Å²) < 4.78 is 6.12. The monoisotopic (exact) mass is 267 g/mol. The van der Waals surface area contributed by atoms with E-state index in [4.69, 9.17) is 4.74 Å². The second-order valence-corrected chi connectivity index (χ2v) is 5.68. The molecule has 0 aromatic heterocycles. The van der Waals surface area contributed by atoms with Crippen LogP contribution in [0, 0.1) is 20.8 Å². The number of hydrogen-bond donors (Lipinski definition) is 1. The maximum absolute atomic E-state index is 6.12. The van der Waals surface area contributed by atoms with Crippen LogP contribution in [0.2, 0.25) is 0 Å². The quantitative estimate of drug-likeness (QED) is 0.887. The number of anilines is 1. The molecule has 0 aliphatic carbocycles. The van der Waals surface area contributed by atoms with Gasteiger partial charge in [0, 0.05) is 6.42 Å². The molecule has 0 amide bonds. The maximum atomic E-state index is 6.12. The van der Waals surface area contributed by atoms with Crippen LogP contribution < -0.4 is 10.1 Å². The van der Waals surface area contributed by atoms with Crippen LogP contribution in [-0.4, -0.2) is 12.6 Å². The minimum absolute atomic E-state index is 0.200. The highest BCUT2D eigenvalue weighted by atomic mass is 16.5. The van der Waals surface area contributed by atoms with Crippen LogP contribution in [0.3, 0.4) is 0 Å². The first kappa shape index (κ1) is 13.0. The molecule has 0 saturated carbocycles. The zero-order chi connectivity index (χ0) is 14.1. The van der Waals surface area contributed by atoms with Gasteiger partial charge in [-0.05, 0) is 55.2 Å². The molecule has 0 bridgehead atoms. The second-order valence-electron chi connectivity index (χ2n) is 5.68. The Bertz CT molecular complexity index is 633. The highest BCUT2D eigenvalue weighted by Gasteiger charge is 2.20. The summed E-state index contributed by atoms with van der Waals surface area (Å²) in [7, 11) is 0. The average molecular weight is 267 g/mol. The third-order valence-corrected chi connectivity index (χ3v) is 4.11. The minimum Gasteiger partial charge on any atom is -0.486 e. The molecule has 1 N–H and O–H groups in total. The van der Waals surface area contributed by atoms with Gasteiger partial charge in [0.1, 0.15) is 11.9 Å². The number of nitrogens with one attached hydrogen (secondary N) is 1. The van der Waals surface area contributed by atoms with Crippen LogP contribution in [0.1, 0.15) is 22.3 Å². The van der Waals surface area contributed by atoms with E-state index in [1.165, 1.54) is 22.3 Å². The topological polar surface area (TPSA) is 21.3 Å². The molecule has 0 radical (unpaired) electrons. The molecule has 20 heavy (non-hydrogen) atoms. The molecule has 2 nitrogen and oxygen atoms in total. The molecule has 1 atom stereocenters. The lowest BCUT2D eigenvalue weighted by Crippen LogP contribution is -2.32. The van der Waals surface area contributed by atoms with Crippen LogP contribution >= 0.6 is 0 Å². The number of benzene rings is 2. The van der Waals surface area contributed by atoms with E-state index in [2.05, 4.69) is 62.5 Å². The van der Waals surface area contributed by atoms with Crippen LogP contribution in [0.5, 0.6) is 5.75 Å². The molecule has 3 rings (SSSR count). The third-order valence-electron chi connectivity index (χ3n) is 4.11. The van der Waals surface area contributed by atoms with E-state index in [0.717, 1.165) is 24.4 Å². The van der Waals surface area contributed by atoms with Gasteiger partial charge in [-0.2, -0.15) is 0 Å². The van der Waals surface area contributed by atoms with E-state index in [0.29, 0.717) is 0 Å². The van der Waals surface area contributed by atoms with Crippen LogP contribution in [0.4, 0.5) is 5.69 Å². The smallest absolute Gasteiger partial charge is 0.142 e. The van der Waals surface area contributed by atoms with Gasteiger partial charge < -0.3 is 10.1 Å². The van der Waals surface area contributed by atoms with E-state index in [1.54, 1.807) is 0 Å². The second kappa shape index (κ2) is 5.20. The zero-order valence-electron chi connectivity index (χ0n) is 12.4. The van der Waals surface area contributed by atoms with Crippen molar-refractivity contribution < 1.29 is 4.74 Å². The molecule has 2 heteroatoms. The van der Waals surface area contributed by atoms with E-state index < -0.39 is 0 Å². The Hall–Kier alpha value is -1.96. The molecule has 1 unspecified atom stereocenters. The van der Waals surface area contributed by atoms with Gasteiger partial charge in [0.2, 0.25) is 0 Å². The summed E-state index contributed by atoms with van der Waals surface area (Å²) in [5.74, 6) is 0.970. The lowest BCUT2D eigenvalue weighted by Gasteiger charge is -2.28. The van der Waals surface area contributed by atoms with Gasteiger partial charge in [0.15, 0.2) is 0 Å². The summed E-state index contributed by atoms with van der Waals surface area (Å²) in [4.78, 5) is 0. The lowest BCUT2D eigenvalue weighted by molar-refractivity contribution is 0.206. The van der Waals surface area contributed by atoms with Gasteiger partial charge in [-0.15, -0.1) is 0 Å². The molecule has 2 aromatic carbocycles. The Labute approximate surface area is 120 Å². The molecule has 1 aliphatic rings. The first-order valence-corrected chi connectivity index (χ1v) is 7.20. The summed E-state index contributed by atoms with van der Waals surface area (Å²) in [6.45, 7) is 7.32. The van der Waals surface area contributed by atoms with Crippen molar-refractivity contribution in [3.05, 3.63) is 58.7 Å². The van der Waals surface area contributed by atoms with Crippen molar-refractivity contribution in [3.8, 4) is 5.75 Å². The number of hydrogen-bond acceptors (Lipinski definition) is 2. The summed E-state index contributed by atoms with van der Waals surface area (Å²) in [6.07, 6.45) is 1.15. The van der Waals surface area contributed by atoms with Gasteiger partial charge in [0.05, 0.1) is 12.2 Å². The van der Waals surface area contributed by atoms with E-state index in [-0.39, 0.29) is 6.10 Å². The minimum atomic E-state index is 0.200. The number of rotatable bonds is 2. The lowest BCUT2D eigenvalue weighted by atomic mass is 9.98. The Morgan fingerprint density at radius 1 is 1.15 bits per heavy atom. The van der Waals surface area contributed by atoms with Crippen molar-refractivity contribution in [2.24, 2.45) is 0 Å².